The molecule has 0 bridgehead atoms. The Morgan fingerprint density at radius 3 is 2.55 bits per heavy atom. The molecular weight excluding hydrogens is 248 g/mol. The lowest BCUT2D eigenvalue weighted by Crippen LogP contribution is -2.01. The molecular formula is C16H26N4. The SMILES string of the molecule is CC(C)=CCC[C@@H](C)C/C=N\Nc1nc(C)cc(C)n1. The maximum atomic E-state index is 4.28. The van der Waals surface area contributed by atoms with Crippen LogP contribution in [-0.2, 0) is 0 Å². The van der Waals surface area contributed by atoms with E-state index in [1.54, 1.807) is 0 Å². The molecule has 0 aliphatic carbocycles. The van der Waals surface area contributed by atoms with Crippen LogP contribution in [0.1, 0.15) is 51.4 Å². The van der Waals surface area contributed by atoms with Crippen LogP contribution >= 0.6 is 0 Å². The highest BCUT2D eigenvalue weighted by Gasteiger charge is 1.99. The number of aromatic nitrogens is 2. The molecule has 0 radical (unpaired) electrons. The number of hydrazone groups is 1. The Labute approximate surface area is 122 Å². The molecule has 1 heterocycles. The Morgan fingerprint density at radius 2 is 1.95 bits per heavy atom. The fourth-order valence-corrected chi connectivity index (χ4v) is 1.89. The summed E-state index contributed by atoms with van der Waals surface area (Å²) in [5.41, 5.74) is 6.18. The number of nitrogens with zero attached hydrogens (tertiary/aromatic N) is 3. The maximum absolute atomic E-state index is 4.28. The zero-order valence-electron chi connectivity index (χ0n) is 13.3. The van der Waals surface area contributed by atoms with Gasteiger partial charge >= 0.3 is 0 Å². The first kappa shape index (κ1) is 16.3. The van der Waals surface area contributed by atoms with E-state index in [0.29, 0.717) is 11.9 Å². The molecule has 110 valence electrons. The summed E-state index contributed by atoms with van der Waals surface area (Å²) < 4.78 is 0. The van der Waals surface area contributed by atoms with Crippen molar-refractivity contribution in [1.82, 2.24) is 9.97 Å². The maximum Gasteiger partial charge on any atom is 0.243 e. The van der Waals surface area contributed by atoms with Gasteiger partial charge in [-0.2, -0.15) is 5.10 Å². The second-order valence-electron chi connectivity index (χ2n) is 5.60. The van der Waals surface area contributed by atoms with E-state index < -0.39 is 0 Å². The van der Waals surface area contributed by atoms with Crippen molar-refractivity contribution >= 4 is 12.2 Å². The predicted molar refractivity (Wildman–Crippen MR) is 86.1 cm³/mol. The molecule has 4 nitrogen and oxygen atoms in total. The number of nitrogens with one attached hydrogen (secondary N) is 1. The van der Waals surface area contributed by atoms with Crippen molar-refractivity contribution in [2.24, 2.45) is 11.0 Å². The Bertz CT molecular complexity index is 453. The monoisotopic (exact) mass is 274 g/mol. The summed E-state index contributed by atoms with van der Waals surface area (Å²) in [5.74, 6) is 1.20. The van der Waals surface area contributed by atoms with E-state index in [0.717, 1.165) is 24.2 Å². The summed E-state index contributed by atoms with van der Waals surface area (Å²) >= 11 is 0. The van der Waals surface area contributed by atoms with Crippen molar-refractivity contribution in [2.75, 3.05) is 5.43 Å². The van der Waals surface area contributed by atoms with Crippen LogP contribution in [-0.4, -0.2) is 16.2 Å². The van der Waals surface area contributed by atoms with Crippen molar-refractivity contribution < 1.29 is 0 Å². The summed E-state index contributed by atoms with van der Waals surface area (Å²) in [7, 11) is 0. The molecule has 1 N–H and O–H groups in total. The van der Waals surface area contributed by atoms with Crippen molar-refractivity contribution in [3.8, 4) is 0 Å². The van der Waals surface area contributed by atoms with E-state index in [4.69, 9.17) is 0 Å². The Balaban J connectivity index is 2.32. The first-order chi connectivity index (χ1) is 9.47. The lowest BCUT2D eigenvalue weighted by molar-refractivity contribution is 0.563. The molecule has 4 heteroatoms. The lowest BCUT2D eigenvalue weighted by Gasteiger charge is -2.06. The molecule has 0 amide bonds. The minimum absolute atomic E-state index is 0.566. The number of allylic oxidation sites excluding steroid dienone is 2. The number of rotatable bonds is 7. The van der Waals surface area contributed by atoms with Gasteiger partial charge in [-0.15, -0.1) is 0 Å². The van der Waals surface area contributed by atoms with Crippen LogP contribution in [0.4, 0.5) is 5.95 Å². The fourth-order valence-electron chi connectivity index (χ4n) is 1.89. The molecule has 0 unspecified atom stereocenters. The molecule has 0 saturated carbocycles. The van der Waals surface area contributed by atoms with Crippen LogP contribution in [0.5, 0.6) is 0 Å². The third kappa shape index (κ3) is 7.02. The van der Waals surface area contributed by atoms with Gasteiger partial charge in [-0.3, -0.25) is 0 Å². The normalized spacial score (nSPS) is 12.4. The molecule has 0 aliphatic heterocycles. The smallest absolute Gasteiger partial charge is 0.243 e. The number of hydrogen-bond donors (Lipinski definition) is 1. The minimum atomic E-state index is 0.566. The molecule has 0 saturated heterocycles. The molecule has 0 spiro atoms. The van der Waals surface area contributed by atoms with Gasteiger partial charge in [0.1, 0.15) is 0 Å². The van der Waals surface area contributed by atoms with Gasteiger partial charge in [-0.05, 0) is 58.9 Å². The quantitative estimate of drug-likeness (QED) is 0.459. The van der Waals surface area contributed by atoms with Gasteiger partial charge in [0.15, 0.2) is 0 Å². The first-order valence-electron chi connectivity index (χ1n) is 7.20. The molecule has 0 fully saturated rings. The number of hydrogen-bond acceptors (Lipinski definition) is 4. The third-order valence-corrected chi connectivity index (χ3v) is 2.96. The van der Waals surface area contributed by atoms with Crippen LogP contribution in [0.15, 0.2) is 22.8 Å². The van der Waals surface area contributed by atoms with Gasteiger partial charge in [0.2, 0.25) is 5.95 Å². The first-order valence-corrected chi connectivity index (χ1v) is 7.20. The molecule has 20 heavy (non-hydrogen) atoms. The Hall–Kier alpha value is -1.71. The molecule has 1 atom stereocenters. The van der Waals surface area contributed by atoms with Gasteiger partial charge < -0.3 is 0 Å². The molecule has 1 aromatic heterocycles. The van der Waals surface area contributed by atoms with Crippen LogP contribution < -0.4 is 5.43 Å². The van der Waals surface area contributed by atoms with Gasteiger partial charge in [0, 0.05) is 17.6 Å². The molecule has 0 aromatic carbocycles. The van der Waals surface area contributed by atoms with E-state index in [-0.39, 0.29) is 0 Å². The summed E-state index contributed by atoms with van der Waals surface area (Å²) in [6.45, 7) is 10.4. The van der Waals surface area contributed by atoms with E-state index in [1.165, 1.54) is 12.0 Å². The van der Waals surface area contributed by atoms with Gasteiger partial charge in [0.25, 0.3) is 0 Å². The van der Waals surface area contributed by atoms with Crippen LogP contribution in [0, 0.1) is 19.8 Å². The zero-order valence-corrected chi connectivity index (χ0v) is 13.3. The lowest BCUT2D eigenvalue weighted by atomic mass is 10.0. The van der Waals surface area contributed by atoms with Crippen molar-refractivity contribution in [1.29, 1.82) is 0 Å². The van der Waals surface area contributed by atoms with Crippen molar-refractivity contribution in [2.45, 2.75) is 53.9 Å². The van der Waals surface area contributed by atoms with Crippen LogP contribution in [0.2, 0.25) is 0 Å². The van der Waals surface area contributed by atoms with Crippen LogP contribution in [0.3, 0.4) is 0 Å². The summed E-state index contributed by atoms with van der Waals surface area (Å²) in [4.78, 5) is 8.55. The highest BCUT2D eigenvalue weighted by molar-refractivity contribution is 5.58. The largest absolute Gasteiger partial charge is 0.246 e. The highest BCUT2D eigenvalue weighted by Crippen LogP contribution is 2.10. The molecule has 1 rings (SSSR count). The average molecular weight is 274 g/mol. The standard InChI is InChI=1S/C16H26N4/c1-12(2)7-6-8-13(3)9-10-17-20-16-18-14(4)11-15(5)19-16/h7,10-11,13H,6,8-9H2,1-5H3,(H,18,19,20)/b17-10-/t13-/m1/s1. The summed E-state index contributed by atoms with van der Waals surface area (Å²) in [6.07, 6.45) is 7.50. The molecule has 0 aliphatic rings. The topological polar surface area (TPSA) is 50.2 Å². The average Bonchev–Trinajstić information content (AvgIpc) is 2.33. The Morgan fingerprint density at radius 1 is 1.30 bits per heavy atom. The number of anilines is 1. The second kappa shape index (κ2) is 8.46. The fraction of sp³-hybridized carbons (Fsp3) is 0.562. The van der Waals surface area contributed by atoms with E-state index >= 15 is 0 Å². The van der Waals surface area contributed by atoms with E-state index in [9.17, 15) is 0 Å². The second-order valence-corrected chi connectivity index (χ2v) is 5.60. The van der Waals surface area contributed by atoms with E-state index in [2.05, 4.69) is 47.3 Å². The highest BCUT2D eigenvalue weighted by atomic mass is 15.3. The summed E-state index contributed by atoms with van der Waals surface area (Å²) in [5, 5.41) is 4.19. The van der Waals surface area contributed by atoms with Gasteiger partial charge in [0.05, 0.1) is 0 Å². The van der Waals surface area contributed by atoms with Gasteiger partial charge in [-0.1, -0.05) is 18.6 Å². The number of aryl methyl sites for hydroxylation is 2. The van der Waals surface area contributed by atoms with E-state index in [1.807, 2.05) is 26.1 Å². The zero-order chi connectivity index (χ0) is 15.0. The summed E-state index contributed by atoms with van der Waals surface area (Å²) in [6, 6.07) is 1.94. The van der Waals surface area contributed by atoms with Gasteiger partial charge in [-0.25, -0.2) is 15.4 Å². The van der Waals surface area contributed by atoms with Crippen molar-refractivity contribution in [3.05, 3.63) is 29.1 Å². The van der Waals surface area contributed by atoms with Crippen molar-refractivity contribution in [3.63, 3.8) is 0 Å². The predicted octanol–water partition coefficient (Wildman–Crippen LogP) is 4.26. The minimum Gasteiger partial charge on any atom is -0.246 e. The molecule has 1 aromatic rings. The van der Waals surface area contributed by atoms with Crippen LogP contribution in [0.25, 0.3) is 0 Å². The Kier molecular flexibility index (Phi) is 6.91. The third-order valence-electron chi connectivity index (χ3n) is 2.96.